The first kappa shape index (κ1) is 13.9. The minimum atomic E-state index is -0.398. The van der Waals surface area contributed by atoms with Gasteiger partial charge in [0, 0.05) is 23.6 Å². The van der Waals surface area contributed by atoms with Crippen molar-refractivity contribution in [3.63, 3.8) is 0 Å². The van der Waals surface area contributed by atoms with E-state index in [0.29, 0.717) is 17.0 Å². The number of hydrogen-bond donors (Lipinski definition) is 2. The van der Waals surface area contributed by atoms with Crippen LogP contribution in [0.2, 0.25) is 0 Å². The van der Waals surface area contributed by atoms with Crippen molar-refractivity contribution in [3.8, 4) is 0 Å². The second-order valence-electron chi connectivity index (χ2n) is 5.01. The van der Waals surface area contributed by atoms with E-state index in [9.17, 15) is 9.18 Å². The number of nitrogens with two attached hydrogens (primary N) is 1. The molecule has 0 aliphatic heterocycles. The number of thiocarbonyl (C=S) groups is 1. The highest BCUT2D eigenvalue weighted by molar-refractivity contribution is 7.80. The molecule has 0 aromatic heterocycles. The molecule has 2 rings (SSSR count). The highest BCUT2D eigenvalue weighted by Gasteiger charge is 2.32. The Morgan fingerprint density at radius 3 is 2.79 bits per heavy atom. The van der Waals surface area contributed by atoms with Gasteiger partial charge in [0.15, 0.2) is 0 Å². The second-order valence-corrected chi connectivity index (χ2v) is 5.45. The van der Waals surface area contributed by atoms with E-state index in [2.05, 4.69) is 5.32 Å². The Labute approximate surface area is 117 Å². The monoisotopic (exact) mass is 280 g/mol. The van der Waals surface area contributed by atoms with Gasteiger partial charge in [-0.2, -0.15) is 0 Å². The number of benzene rings is 1. The summed E-state index contributed by atoms with van der Waals surface area (Å²) in [6.45, 7) is 2.11. The van der Waals surface area contributed by atoms with Gasteiger partial charge in [-0.3, -0.25) is 4.79 Å². The van der Waals surface area contributed by atoms with Crippen LogP contribution in [0.5, 0.6) is 0 Å². The molecule has 0 heterocycles. The van der Waals surface area contributed by atoms with E-state index in [-0.39, 0.29) is 23.4 Å². The molecule has 1 unspecified atom stereocenters. The fourth-order valence-electron chi connectivity index (χ4n) is 2.00. The normalized spacial score (nSPS) is 15.9. The largest absolute Gasteiger partial charge is 0.389 e. The number of amides is 1. The van der Waals surface area contributed by atoms with Crippen LogP contribution in [0.3, 0.4) is 0 Å². The van der Waals surface area contributed by atoms with E-state index in [1.165, 1.54) is 6.07 Å². The average molecular weight is 280 g/mol. The van der Waals surface area contributed by atoms with E-state index in [1.807, 2.05) is 6.92 Å². The summed E-state index contributed by atoms with van der Waals surface area (Å²) in [6.07, 6.45) is 2.23. The van der Waals surface area contributed by atoms with Gasteiger partial charge in [-0.15, -0.1) is 0 Å². The van der Waals surface area contributed by atoms with Crippen molar-refractivity contribution in [2.24, 2.45) is 17.6 Å². The molecule has 1 fully saturated rings. The first-order valence-corrected chi connectivity index (χ1v) is 6.76. The van der Waals surface area contributed by atoms with Crippen LogP contribution in [-0.4, -0.2) is 10.9 Å². The van der Waals surface area contributed by atoms with Crippen molar-refractivity contribution in [2.45, 2.75) is 26.3 Å². The van der Waals surface area contributed by atoms with Crippen molar-refractivity contribution in [2.75, 3.05) is 0 Å². The zero-order chi connectivity index (χ0) is 14.0. The topological polar surface area (TPSA) is 55.1 Å². The summed E-state index contributed by atoms with van der Waals surface area (Å²) in [4.78, 5) is 12.0. The summed E-state index contributed by atoms with van der Waals surface area (Å²) in [5.41, 5.74) is 6.37. The number of carbonyl (C=O) groups excluding carboxylic acids is 1. The smallest absolute Gasteiger partial charge is 0.223 e. The van der Waals surface area contributed by atoms with E-state index in [0.717, 1.165) is 12.8 Å². The van der Waals surface area contributed by atoms with E-state index in [4.69, 9.17) is 18.0 Å². The Bertz CT molecular complexity index is 514. The van der Waals surface area contributed by atoms with Gasteiger partial charge in [-0.1, -0.05) is 31.3 Å². The first-order chi connectivity index (χ1) is 8.99. The van der Waals surface area contributed by atoms with Crippen LogP contribution in [0.25, 0.3) is 0 Å². The Hall–Kier alpha value is -1.49. The number of rotatable bonds is 5. The number of carbonyl (C=O) groups is 1. The zero-order valence-corrected chi connectivity index (χ0v) is 11.6. The molecule has 19 heavy (non-hydrogen) atoms. The Morgan fingerprint density at radius 1 is 1.58 bits per heavy atom. The molecular formula is C14H17FN2OS. The Balaban J connectivity index is 1.95. The zero-order valence-electron chi connectivity index (χ0n) is 10.8. The number of hydrogen-bond acceptors (Lipinski definition) is 2. The summed E-state index contributed by atoms with van der Waals surface area (Å²) >= 11 is 4.78. The van der Waals surface area contributed by atoms with Gasteiger partial charge in [0.2, 0.25) is 5.91 Å². The molecule has 1 atom stereocenters. The molecule has 3 N–H and O–H groups in total. The van der Waals surface area contributed by atoms with Gasteiger partial charge in [0.1, 0.15) is 10.8 Å². The number of nitrogens with one attached hydrogen (secondary N) is 1. The molecule has 0 spiro atoms. The molecule has 1 aromatic carbocycles. The van der Waals surface area contributed by atoms with Crippen molar-refractivity contribution >= 4 is 23.1 Å². The molecule has 1 saturated carbocycles. The van der Waals surface area contributed by atoms with Gasteiger partial charge in [0.25, 0.3) is 0 Å². The molecular weight excluding hydrogens is 263 g/mol. The summed E-state index contributed by atoms with van der Waals surface area (Å²) in [5, 5.41) is 2.77. The van der Waals surface area contributed by atoms with E-state index < -0.39 is 5.82 Å². The van der Waals surface area contributed by atoms with Gasteiger partial charge in [-0.05, 0) is 24.8 Å². The SMILES string of the molecule is CC(C(=O)NCc1ccc(C(N)=S)cc1F)C1CC1. The van der Waals surface area contributed by atoms with E-state index in [1.54, 1.807) is 12.1 Å². The van der Waals surface area contributed by atoms with Gasteiger partial charge >= 0.3 is 0 Å². The lowest BCUT2D eigenvalue weighted by atomic mass is 10.1. The molecule has 102 valence electrons. The fourth-order valence-corrected chi connectivity index (χ4v) is 2.12. The number of halogens is 1. The summed E-state index contributed by atoms with van der Waals surface area (Å²) < 4.78 is 13.8. The van der Waals surface area contributed by atoms with Gasteiger partial charge in [0.05, 0.1) is 0 Å². The van der Waals surface area contributed by atoms with Crippen LogP contribution >= 0.6 is 12.2 Å². The summed E-state index contributed by atoms with van der Waals surface area (Å²) in [5.74, 6) is 0.103. The first-order valence-electron chi connectivity index (χ1n) is 6.35. The molecule has 0 radical (unpaired) electrons. The van der Waals surface area contributed by atoms with Crippen LogP contribution in [-0.2, 0) is 11.3 Å². The van der Waals surface area contributed by atoms with Crippen LogP contribution in [0.15, 0.2) is 18.2 Å². The molecule has 1 aromatic rings. The molecule has 1 amide bonds. The molecule has 5 heteroatoms. The van der Waals surface area contributed by atoms with E-state index >= 15 is 0 Å². The average Bonchev–Trinajstić information content (AvgIpc) is 3.20. The maximum absolute atomic E-state index is 13.8. The third-order valence-electron chi connectivity index (χ3n) is 3.53. The summed E-state index contributed by atoms with van der Waals surface area (Å²) in [7, 11) is 0. The lowest BCUT2D eigenvalue weighted by molar-refractivity contribution is -0.125. The third-order valence-corrected chi connectivity index (χ3v) is 3.77. The van der Waals surface area contributed by atoms with Crippen LogP contribution < -0.4 is 11.1 Å². The predicted molar refractivity (Wildman–Crippen MR) is 76.0 cm³/mol. The highest BCUT2D eigenvalue weighted by Crippen LogP contribution is 2.36. The molecule has 3 nitrogen and oxygen atoms in total. The maximum atomic E-state index is 13.8. The standard InChI is InChI=1S/C14H17FN2OS/c1-8(9-2-3-9)14(18)17-7-11-5-4-10(13(16)19)6-12(11)15/h4-6,8-9H,2-3,7H2,1H3,(H2,16,19)(H,17,18). The van der Waals surface area contributed by atoms with Gasteiger partial charge in [-0.25, -0.2) is 4.39 Å². The van der Waals surface area contributed by atoms with Crippen molar-refractivity contribution < 1.29 is 9.18 Å². The molecule has 0 bridgehead atoms. The van der Waals surface area contributed by atoms with Crippen LogP contribution in [0, 0.1) is 17.7 Å². The lowest BCUT2D eigenvalue weighted by Crippen LogP contribution is -2.30. The van der Waals surface area contributed by atoms with Crippen molar-refractivity contribution in [3.05, 3.63) is 35.1 Å². The maximum Gasteiger partial charge on any atom is 0.223 e. The fraction of sp³-hybridized carbons (Fsp3) is 0.429. The van der Waals surface area contributed by atoms with Crippen molar-refractivity contribution in [1.82, 2.24) is 5.32 Å². The predicted octanol–water partition coefficient (Wildman–Crippen LogP) is 2.12. The van der Waals surface area contributed by atoms with Crippen LogP contribution in [0.1, 0.15) is 30.9 Å². The van der Waals surface area contributed by atoms with Crippen molar-refractivity contribution in [1.29, 1.82) is 0 Å². The lowest BCUT2D eigenvalue weighted by Gasteiger charge is -2.12. The highest BCUT2D eigenvalue weighted by atomic mass is 32.1. The minimum Gasteiger partial charge on any atom is -0.389 e. The molecule has 1 aliphatic carbocycles. The van der Waals surface area contributed by atoms with Gasteiger partial charge < -0.3 is 11.1 Å². The van der Waals surface area contributed by atoms with Crippen LogP contribution in [0.4, 0.5) is 4.39 Å². The minimum absolute atomic E-state index is 0.0129. The second kappa shape index (κ2) is 5.65. The summed E-state index contributed by atoms with van der Waals surface area (Å²) in [6, 6.07) is 4.57. The molecule has 1 aliphatic rings. The third kappa shape index (κ3) is 3.50. The molecule has 0 saturated heterocycles. The Morgan fingerprint density at radius 2 is 2.26 bits per heavy atom. The Kier molecular flexibility index (Phi) is 4.14. The quantitative estimate of drug-likeness (QED) is 0.812.